The van der Waals surface area contributed by atoms with Crippen molar-refractivity contribution in [1.82, 2.24) is 9.80 Å². The van der Waals surface area contributed by atoms with Crippen molar-refractivity contribution in [1.29, 1.82) is 0 Å². The molecule has 0 aliphatic carbocycles. The number of benzene rings is 2. The second-order valence-corrected chi connectivity index (χ2v) is 7.61. The molecule has 0 radical (unpaired) electrons. The summed E-state index contributed by atoms with van der Waals surface area (Å²) in [7, 11) is 4.55. The molecular formula is C24H25N3O6S. The minimum absolute atomic E-state index is 0.0223. The molecule has 3 amide bonds. The van der Waals surface area contributed by atoms with Crippen molar-refractivity contribution >= 4 is 46.8 Å². The van der Waals surface area contributed by atoms with Gasteiger partial charge in [-0.05, 0) is 55.0 Å². The summed E-state index contributed by atoms with van der Waals surface area (Å²) < 4.78 is 16.5. The summed E-state index contributed by atoms with van der Waals surface area (Å²) in [5.41, 5.74) is 1.06. The normalized spacial score (nSPS) is 13.6. The zero-order valence-electron chi connectivity index (χ0n) is 19.3. The molecule has 1 aliphatic rings. The van der Waals surface area contributed by atoms with E-state index in [-0.39, 0.29) is 23.2 Å². The van der Waals surface area contributed by atoms with Crippen LogP contribution in [0.25, 0.3) is 6.08 Å². The van der Waals surface area contributed by atoms with Crippen LogP contribution in [0.1, 0.15) is 12.5 Å². The van der Waals surface area contributed by atoms with Crippen molar-refractivity contribution in [3.05, 3.63) is 53.6 Å². The molecule has 1 aliphatic heterocycles. The SMILES string of the molecule is CCOc1cc(C=C2C(=O)N(C)C(=S)N(C)C2=O)ccc1OCC(=O)Nc1ccccc1OC. The van der Waals surface area contributed by atoms with Crippen LogP contribution in [0.15, 0.2) is 48.0 Å². The third-order valence-electron chi connectivity index (χ3n) is 4.96. The number of amides is 3. The Balaban J connectivity index is 1.77. The Morgan fingerprint density at radius 2 is 1.68 bits per heavy atom. The van der Waals surface area contributed by atoms with Crippen molar-refractivity contribution < 1.29 is 28.6 Å². The van der Waals surface area contributed by atoms with E-state index in [1.54, 1.807) is 42.5 Å². The van der Waals surface area contributed by atoms with Gasteiger partial charge in [-0.1, -0.05) is 18.2 Å². The van der Waals surface area contributed by atoms with Crippen LogP contribution in [0.5, 0.6) is 17.2 Å². The van der Waals surface area contributed by atoms with E-state index in [1.807, 2.05) is 6.92 Å². The standard InChI is InChI=1S/C24H25N3O6S/c1-5-32-20-13-15(12-16-22(29)26(2)24(34)27(3)23(16)30)10-11-19(20)33-14-21(28)25-17-8-6-7-9-18(17)31-4/h6-13H,5,14H2,1-4H3,(H,25,28). The summed E-state index contributed by atoms with van der Waals surface area (Å²) in [6, 6.07) is 12.0. The van der Waals surface area contributed by atoms with E-state index in [4.69, 9.17) is 26.4 Å². The number of thiocarbonyl (C=S) groups is 1. The summed E-state index contributed by atoms with van der Waals surface area (Å²) in [6.07, 6.45) is 1.47. The molecule has 1 fully saturated rings. The smallest absolute Gasteiger partial charge is 0.265 e. The number of nitrogens with zero attached hydrogens (tertiary/aromatic N) is 2. The second-order valence-electron chi connectivity index (χ2n) is 7.25. The Hall–Kier alpha value is -3.92. The first-order valence-corrected chi connectivity index (χ1v) is 10.8. The van der Waals surface area contributed by atoms with Gasteiger partial charge in [-0.3, -0.25) is 24.2 Å². The molecule has 0 saturated carbocycles. The summed E-state index contributed by atoms with van der Waals surface area (Å²) in [5.74, 6) is -0.102. The van der Waals surface area contributed by atoms with Crippen molar-refractivity contribution in [2.45, 2.75) is 6.92 Å². The molecule has 10 heteroatoms. The lowest BCUT2D eigenvalue weighted by atomic mass is 10.1. The topological polar surface area (TPSA) is 97.4 Å². The second kappa shape index (κ2) is 10.8. The minimum atomic E-state index is -0.487. The minimum Gasteiger partial charge on any atom is -0.495 e. The third kappa shape index (κ3) is 5.34. The lowest BCUT2D eigenvalue weighted by Crippen LogP contribution is -2.52. The number of hydrogen-bond donors (Lipinski definition) is 1. The Bertz CT molecular complexity index is 1140. The van der Waals surface area contributed by atoms with Gasteiger partial charge in [0.2, 0.25) is 0 Å². The molecule has 2 aromatic rings. The van der Waals surface area contributed by atoms with Crippen molar-refractivity contribution in [3.63, 3.8) is 0 Å². The molecule has 0 aromatic heterocycles. The van der Waals surface area contributed by atoms with Gasteiger partial charge in [0, 0.05) is 14.1 Å². The molecule has 3 rings (SSSR count). The van der Waals surface area contributed by atoms with Crippen LogP contribution < -0.4 is 19.5 Å². The number of anilines is 1. The number of likely N-dealkylation sites (N-methyl/N-ethyl adjacent to an activating group) is 2. The Labute approximate surface area is 202 Å². The Morgan fingerprint density at radius 1 is 1.00 bits per heavy atom. The van der Waals surface area contributed by atoms with Crippen LogP contribution >= 0.6 is 12.2 Å². The van der Waals surface area contributed by atoms with Crippen LogP contribution in [-0.4, -0.2) is 67.1 Å². The highest BCUT2D eigenvalue weighted by atomic mass is 32.1. The fourth-order valence-corrected chi connectivity index (χ4v) is 3.39. The Kier molecular flexibility index (Phi) is 7.85. The van der Waals surface area contributed by atoms with Crippen molar-refractivity contribution in [2.24, 2.45) is 0 Å². The van der Waals surface area contributed by atoms with E-state index in [1.165, 1.54) is 37.1 Å². The summed E-state index contributed by atoms with van der Waals surface area (Å²) in [4.78, 5) is 40.0. The quantitative estimate of drug-likeness (QED) is 0.350. The maximum absolute atomic E-state index is 12.6. The van der Waals surface area contributed by atoms with Gasteiger partial charge in [-0.2, -0.15) is 0 Å². The molecular weight excluding hydrogens is 458 g/mol. The highest BCUT2D eigenvalue weighted by Gasteiger charge is 2.35. The monoisotopic (exact) mass is 483 g/mol. The first-order valence-electron chi connectivity index (χ1n) is 10.4. The van der Waals surface area contributed by atoms with E-state index >= 15 is 0 Å². The summed E-state index contributed by atoms with van der Waals surface area (Å²) in [6.45, 7) is 1.90. The average molecular weight is 484 g/mol. The zero-order chi connectivity index (χ0) is 24.8. The highest BCUT2D eigenvalue weighted by Crippen LogP contribution is 2.30. The molecule has 0 spiro atoms. The number of para-hydroxylation sites is 2. The molecule has 9 nitrogen and oxygen atoms in total. The zero-order valence-corrected chi connectivity index (χ0v) is 20.1. The number of nitrogens with one attached hydrogen (secondary N) is 1. The van der Waals surface area contributed by atoms with Gasteiger partial charge in [-0.15, -0.1) is 0 Å². The predicted molar refractivity (Wildman–Crippen MR) is 131 cm³/mol. The molecule has 1 N–H and O–H groups in total. The van der Waals surface area contributed by atoms with Crippen molar-refractivity contribution in [3.8, 4) is 17.2 Å². The Morgan fingerprint density at radius 3 is 2.32 bits per heavy atom. The number of rotatable bonds is 8. The molecule has 1 heterocycles. The lowest BCUT2D eigenvalue weighted by molar-refractivity contribution is -0.132. The van der Waals surface area contributed by atoms with Gasteiger partial charge >= 0.3 is 0 Å². The predicted octanol–water partition coefficient (Wildman–Crippen LogP) is 2.71. The molecule has 0 unspecified atom stereocenters. The molecule has 0 atom stereocenters. The summed E-state index contributed by atoms with van der Waals surface area (Å²) in [5, 5.41) is 2.87. The fourth-order valence-electron chi connectivity index (χ4n) is 3.22. The average Bonchev–Trinajstić information content (AvgIpc) is 2.84. The molecule has 0 bridgehead atoms. The van der Waals surface area contributed by atoms with Crippen LogP contribution in [0.3, 0.4) is 0 Å². The van der Waals surface area contributed by atoms with Gasteiger partial charge in [0.25, 0.3) is 17.7 Å². The van der Waals surface area contributed by atoms with E-state index in [9.17, 15) is 14.4 Å². The summed E-state index contributed by atoms with van der Waals surface area (Å²) >= 11 is 5.11. The molecule has 1 saturated heterocycles. The maximum atomic E-state index is 12.6. The number of hydrogen-bond acceptors (Lipinski definition) is 7. The largest absolute Gasteiger partial charge is 0.495 e. The van der Waals surface area contributed by atoms with Crippen LogP contribution in [0.4, 0.5) is 5.69 Å². The van der Waals surface area contributed by atoms with E-state index in [0.29, 0.717) is 35.1 Å². The maximum Gasteiger partial charge on any atom is 0.265 e. The molecule has 178 valence electrons. The van der Waals surface area contributed by atoms with Gasteiger partial charge in [0.05, 0.1) is 19.4 Å². The van der Waals surface area contributed by atoms with Crippen LogP contribution in [0, 0.1) is 0 Å². The van der Waals surface area contributed by atoms with E-state index in [2.05, 4.69) is 5.32 Å². The number of carbonyl (C=O) groups is 3. The molecule has 2 aromatic carbocycles. The third-order valence-corrected chi connectivity index (χ3v) is 5.51. The highest BCUT2D eigenvalue weighted by molar-refractivity contribution is 7.80. The number of ether oxygens (including phenoxy) is 3. The van der Waals surface area contributed by atoms with Crippen LogP contribution in [-0.2, 0) is 14.4 Å². The first kappa shape index (κ1) is 24.7. The number of methoxy groups -OCH3 is 1. The van der Waals surface area contributed by atoms with Gasteiger partial charge in [0.1, 0.15) is 11.3 Å². The number of carbonyl (C=O) groups excluding carboxylic acids is 3. The lowest BCUT2D eigenvalue weighted by Gasteiger charge is -2.31. The molecule has 34 heavy (non-hydrogen) atoms. The van der Waals surface area contributed by atoms with E-state index in [0.717, 1.165) is 0 Å². The fraction of sp³-hybridized carbons (Fsp3) is 0.250. The van der Waals surface area contributed by atoms with Gasteiger partial charge in [-0.25, -0.2) is 0 Å². The van der Waals surface area contributed by atoms with Gasteiger partial charge < -0.3 is 19.5 Å². The van der Waals surface area contributed by atoms with Gasteiger partial charge in [0.15, 0.2) is 23.2 Å². The van der Waals surface area contributed by atoms with Crippen LogP contribution in [0.2, 0.25) is 0 Å². The first-order chi connectivity index (χ1) is 16.3. The van der Waals surface area contributed by atoms with Crippen molar-refractivity contribution in [2.75, 3.05) is 39.7 Å². The van der Waals surface area contributed by atoms with E-state index < -0.39 is 11.8 Å².